The Morgan fingerprint density at radius 2 is 1.96 bits per heavy atom. The summed E-state index contributed by atoms with van der Waals surface area (Å²) in [6.07, 6.45) is 0. The molecule has 0 unspecified atom stereocenters. The minimum atomic E-state index is -0.0446. The maximum atomic E-state index is 5.72. The molecule has 0 aliphatic carbocycles. The molecule has 7 nitrogen and oxygen atoms in total. The van der Waals surface area contributed by atoms with Gasteiger partial charge in [-0.2, -0.15) is 4.68 Å². The minimum absolute atomic E-state index is 0.0446. The second-order valence-electron chi connectivity index (χ2n) is 4.89. The van der Waals surface area contributed by atoms with Crippen molar-refractivity contribution < 1.29 is 4.42 Å². The van der Waals surface area contributed by atoms with Crippen molar-refractivity contribution in [2.45, 2.75) is 17.4 Å². The number of hydrogen-bond acceptors (Lipinski definition) is 8. The molecule has 0 saturated heterocycles. The van der Waals surface area contributed by atoms with E-state index in [-0.39, 0.29) is 5.25 Å². The molecule has 0 spiro atoms. The quantitative estimate of drug-likeness (QED) is 0.505. The van der Waals surface area contributed by atoms with Crippen molar-refractivity contribution in [3.8, 4) is 16.5 Å². The molecule has 0 aliphatic heterocycles. The van der Waals surface area contributed by atoms with Gasteiger partial charge in [-0.05, 0) is 40.9 Å². The van der Waals surface area contributed by atoms with E-state index < -0.39 is 0 Å². The van der Waals surface area contributed by atoms with Crippen molar-refractivity contribution in [2.24, 2.45) is 0 Å². The molecule has 0 fully saturated rings. The standard InChI is InChI=1S/C15H12N6OS2/c1-10(13-16-19-20-21(13)11-6-3-2-4-7-11)24-15-18-17-14(22-15)12-8-5-9-23-12/h2-10H,1H3/t10-/m0/s1. The average Bonchev–Trinajstić information content (AvgIpc) is 3.36. The van der Waals surface area contributed by atoms with Gasteiger partial charge >= 0.3 is 0 Å². The molecule has 4 aromatic rings. The Kier molecular flexibility index (Phi) is 4.09. The number of para-hydroxylation sites is 1. The third-order valence-corrected chi connectivity index (χ3v) is 5.06. The molecule has 1 aromatic carbocycles. The summed E-state index contributed by atoms with van der Waals surface area (Å²) < 4.78 is 7.43. The van der Waals surface area contributed by atoms with Crippen LogP contribution >= 0.6 is 23.1 Å². The lowest BCUT2D eigenvalue weighted by Gasteiger charge is -2.08. The van der Waals surface area contributed by atoms with Gasteiger partial charge in [-0.1, -0.05) is 36.0 Å². The van der Waals surface area contributed by atoms with Gasteiger partial charge < -0.3 is 4.42 Å². The smallest absolute Gasteiger partial charge is 0.277 e. The molecule has 4 rings (SSSR count). The van der Waals surface area contributed by atoms with Gasteiger partial charge in [0, 0.05) is 0 Å². The van der Waals surface area contributed by atoms with E-state index in [1.165, 1.54) is 11.8 Å². The number of thiophene rings is 1. The molecule has 0 N–H and O–H groups in total. The van der Waals surface area contributed by atoms with Gasteiger partial charge in [-0.3, -0.25) is 0 Å². The molecule has 0 amide bonds. The summed E-state index contributed by atoms with van der Waals surface area (Å²) in [5, 5.41) is 22.6. The Morgan fingerprint density at radius 3 is 2.75 bits per heavy atom. The van der Waals surface area contributed by atoms with Crippen LogP contribution in [0.1, 0.15) is 18.0 Å². The second-order valence-corrected chi connectivity index (χ2v) is 7.13. The van der Waals surface area contributed by atoms with Crippen LogP contribution in [0, 0.1) is 0 Å². The highest BCUT2D eigenvalue weighted by Crippen LogP contribution is 2.35. The van der Waals surface area contributed by atoms with Crippen LogP contribution in [0.4, 0.5) is 0 Å². The van der Waals surface area contributed by atoms with E-state index in [1.807, 2.05) is 54.8 Å². The first kappa shape index (κ1) is 15.0. The molecule has 1 atom stereocenters. The molecule has 0 aliphatic rings. The summed E-state index contributed by atoms with van der Waals surface area (Å²) in [4.78, 5) is 0.955. The lowest BCUT2D eigenvalue weighted by molar-refractivity contribution is 0.465. The Hall–Kier alpha value is -2.52. The van der Waals surface area contributed by atoms with E-state index in [2.05, 4.69) is 25.7 Å². The summed E-state index contributed by atoms with van der Waals surface area (Å²) >= 11 is 2.99. The molecule has 9 heteroatoms. The second kappa shape index (κ2) is 6.54. The number of hydrogen-bond donors (Lipinski definition) is 0. The fourth-order valence-electron chi connectivity index (χ4n) is 2.16. The van der Waals surface area contributed by atoms with E-state index in [1.54, 1.807) is 16.0 Å². The topological polar surface area (TPSA) is 82.5 Å². The zero-order chi connectivity index (χ0) is 16.4. The van der Waals surface area contributed by atoms with E-state index in [4.69, 9.17) is 4.42 Å². The zero-order valence-electron chi connectivity index (χ0n) is 12.6. The normalized spacial score (nSPS) is 12.4. The first-order valence-corrected chi connectivity index (χ1v) is 8.95. The highest BCUT2D eigenvalue weighted by molar-refractivity contribution is 7.99. The highest BCUT2D eigenvalue weighted by Gasteiger charge is 2.20. The van der Waals surface area contributed by atoms with E-state index in [9.17, 15) is 0 Å². The summed E-state index contributed by atoms with van der Waals surface area (Å²) in [6, 6.07) is 13.7. The van der Waals surface area contributed by atoms with Crippen molar-refractivity contribution in [2.75, 3.05) is 0 Å². The van der Waals surface area contributed by atoms with Gasteiger partial charge in [0.25, 0.3) is 11.1 Å². The molecule has 3 heterocycles. The lowest BCUT2D eigenvalue weighted by atomic mass is 10.3. The van der Waals surface area contributed by atoms with Gasteiger partial charge in [0.2, 0.25) is 0 Å². The van der Waals surface area contributed by atoms with E-state index >= 15 is 0 Å². The maximum Gasteiger partial charge on any atom is 0.277 e. The summed E-state index contributed by atoms with van der Waals surface area (Å²) in [5.74, 6) is 1.25. The average molecular weight is 356 g/mol. The van der Waals surface area contributed by atoms with Crippen molar-refractivity contribution in [1.82, 2.24) is 30.4 Å². The molecule has 24 heavy (non-hydrogen) atoms. The Labute approximate surface area is 145 Å². The van der Waals surface area contributed by atoms with Crippen LogP contribution < -0.4 is 0 Å². The Bertz CT molecular complexity index is 919. The van der Waals surface area contributed by atoms with Gasteiger partial charge in [0.15, 0.2) is 5.82 Å². The monoisotopic (exact) mass is 356 g/mol. The van der Waals surface area contributed by atoms with Gasteiger partial charge in [0.1, 0.15) is 0 Å². The zero-order valence-corrected chi connectivity index (χ0v) is 14.2. The van der Waals surface area contributed by atoms with Crippen molar-refractivity contribution in [3.63, 3.8) is 0 Å². The van der Waals surface area contributed by atoms with Crippen LogP contribution in [-0.4, -0.2) is 30.4 Å². The highest BCUT2D eigenvalue weighted by atomic mass is 32.2. The van der Waals surface area contributed by atoms with E-state index in [0.29, 0.717) is 11.1 Å². The molecule has 3 aromatic heterocycles. The molecule has 120 valence electrons. The summed E-state index contributed by atoms with van der Waals surface area (Å²) in [7, 11) is 0. The molecular formula is C15H12N6OS2. The maximum absolute atomic E-state index is 5.72. The number of tetrazole rings is 1. The number of benzene rings is 1. The van der Waals surface area contributed by atoms with Crippen LogP contribution in [0.25, 0.3) is 16.5 Å². The molecule has 0 saturated carbocycles. The number of thioether (sulfide) groups is 1. The first-order valence-electron chi connectivity index (χ1n) is 7.19. The van der Waals surface area contributed by atoms with E-state index in [0.717, 1.165) is 16.4 Å². The third-order valence-electron chi connectivity index (χ3n) is 3.27. The fourth-order valence-corrected chi connectivity index (χ4v) is 3.58. The number of rotatable bonds is 5. The van der Waals surface area contributed by atoms with Crippen LogP contribution in [-0.2, 0) is 0 Å². The predicted molar refractivity (Wildman–Crippen MR) is 91.0 cm³/mol. The fraction of sp³-hybridized carbons (Fsp3) is 0.133. The van der Waals surface area contributed by atoms with Crippen molar-refractivity contribution >= 4 is 23.1 Å². The first-order chi connectivity index (χ1) is 11.8. The molecular weight excluding hydrogens is 344 g/mol. The number of aromatic nitrogens is 6. The molecule has 0 bridgehead atoms. The van der Waals surface area contributed by atoms with Gasteiger partial charge in [-0.15, -0.1) is 26.6 Å². The number of nitrogens with zero attached hydrogens (tertiary/aromatic N) is 6. The third kappa shape index (κ3) is 2.95. The van der Waals surface area contributed by atoms with Crippen molar-refractivity contribution in [1.29, 1.82) is 0 Å². The van der Waals surface area contributed by atoms with Gasteiger partial charge in [-0.25, -0.2) is 0 Å². The lowest BCUT2D eigenvalue weighted by Crippen LogP contribution is -2.04. The largest absolute Gasteiger partial charge is 0.410 e. The summed E-state index contributed by atoms with van der Waals surface area (Å²) in [6.45, 7) is 2.00. The van der Waals surface area contributed by atoms with Crippen molar-refractivity contribution in [3.05, 3.63) is 53.7 Å². The molecule has 0 radical (unpaired) electrons. The summed E-state index contributed by atoms with van der Waals surface area (Å²) in [5.41, 5.74) is 0.912. The Balaban J connectivity index is 1.55. The Morgan fingerprint density at radius 1 is 1.08 bits per heavy atom. The van der Waals surface area contributed by atoms with Crippen LogP contribution in [0.2, 0.25) is 0 Å². The SMILES string of the molecule is C[C@H](Sc1nnc(-c2cccs2)o1)c1nnnn1-c1ccccc1. The predicted octanol–water partition coefficient (Wildman–Crippen LogP) is 3.63. The van der Waals surface area contributed by atoms with Crippen LogP contribution in [0.15, 0.2) is 57.5 Å². The van der Waals surface area contributed by atoms with Gasteiger partial charge in [0.05, 0.1) is 15.8 Å². The van der Waals surface area contributed by atoms with Crippen LogP contribution in [0.3, 0.4) is 0 Å². The van der Waals surface area contributed by atoms with Crippen LogP contribution in [0.5, 0.6) is 0 Å². The minimum Gasteiger partial charge on any atom is -0.410 e.